The monoisotopic (exact) mass is 281 g/mol. The molecule has 1 aliphatic heterocycles. The summed E-state index contributed by atoms with van der Waals surface area (Å²) in [5.41, 5.74) is 1.64. The van der Waals surface area contributed by atoms with E-state index in [1.54, 1.807) is 0 Å². The molecule has 0 N–H and O–H groups in total. The van der Waals surface area contributed by atoms with E-state index in [1.807, 2.05) is 0 Å². The van der Waals surface area contributed by atoms with Gasteiger partial charge in [0.1, 0.15) is 5.75 Å². The average molecular weight is 281 g/mol. The zero-order valence-corrected chi connectivity index (χ0v) is 13.0. The molecule has 2 aliphatic rings. The predicted octanol–water partition coefficient (Wildman–Crippen LogP) is 4.62. The number of nitriles is 1. The highest BCUT2D eigenvalue weighted by Crippen LogP contribution is 2.40. The molecule has 0 amide bonds. The molecule has 1 saturated carbocycles. The van der Waals surface area contributed by atoms with Crippen molar-refractivity contribution in [3.05, 3.63) is 29.8 Å². The van der Waals surface area contributed by atoms with Crippen molar-refractivity contribution < 1.29 is 4.74 Å². The van der Waals surface area contributed by atoms with Gasteiger partial charge in [0, 0.05) is 5.97 Å². The number of hydrogen-bond donors (Lipinski definition) is 0. The fourth-order valence-electron chi connectivity index (χ4n) is 3.81. The van der Waals surface area contributed by atoms with E-state index >= 15 is 0 Å². The summed E-state index contributed by atoms with van der Waals surface area (Å²) in [7, 11) is 0. The minimum absolute atomic E-state index is 0.235. The van der Waals surface area contributed by atoms with Crippen LogP contribution in [-0.4, -0.2) is 12.8 Å². The molecular formula is C18H24BNO. The third-order valence-electron chi connectivity index (χ3n) is 5.43. The normalized spacial score (nSPS) is 22.0. The Morgan fingerprint density at radius 3 is 2.33 bits per heavy atom. The van der Waals surface area contributed by atoms with Gasteiger partial charge in [-0.25, -0.2) is 5.26 Å². The van der Waals surface area contributed by atoms with E-state index in [1.165, 1.54) is 31.2 Å². The van der Waals surface area contributed by atoms with Crippen LogP contribution in [0.4, 0.5) is 0 Å². The molecule has 2 nitrogen and oxygen atoms in total. The summed E-state index contributed by atoms with van der Waals surface area (Å²) in [6.45, 7) is 2.61. The molecule has 1 saturated heterocycles. The minimum Gasteiger partial charge on any atom is -0.490 e. The van der Waals surface area contributed by atoms with Gasteiger partial charge in [0.2, 0.25) is 0 Å². The van der Waals surface area contributed by atoms with E-state index in [9.17, 15) is 0 Å². The Labute approximate surface area is 128 Å². The van der Waals surface area contributed by atoms with Crippen molar-refractivity contribution in [2.24, 2.45) is 0 Å². The van der Waals surface area contributed by atoms with Gasteiger partial charge >= 0.3 is 0 Å². The molecule has 0 spiro atoms. The lowest BCUT2D eigenvalue weighted by atomic mass is 9.39. The fraction of sp³-hybridized carbons (Fsp3) is 0.611. The molecule has 1 aromatic rings. The van der Waals surface area contributed by atoms with Gasteiger partial charge in [-0.05, 0) is 61.6 Å². The zero-order valence-electron chi connectivity index (χ0n) is 13.0. The quantitative estimate of drug-likeness (QED) is 0.757. The second-order valence-corrected chi connectivity index (χ2v) is 7.01. The highest BCUT2D eigenvalue weighted by Gasteiger charge is 2.34. The van der Waals surface area contributed by atoms with Crippen molar-refractivity contribution in [3.8, 4) is 11.7 Å². The molecule has 3 heteroatoms. The van der Waals surface area contributed by atoms with Crippen molar-refractivity contribution >= 4 is 6.71 Å². The van der Waals surface area contributed by atoms with Crippen molar-refractivity contribution in [1.82, 2.24) is 0 Å². The Morgan fingerprint density at radius 1 is 1.14 bits per heavy atom. The number of benzene rings is 1. The van der Waals surface area contributed by atoms with Crippen LogP contribution < -0.4 is 4.74 Å². The Hall–Kier alpha value is -1.43. The molecule has 1 heterocycles. The van der Waals surface area contributed by atoms with E-state index < -0.39 is 0 Å². The third kappa shape index (κ3) is 3.26. The Balaban J connectivity index is 1.65. The number of ether oxygens (including phenoxy) is 1. The molecule has 0 aromatic heterocycles. The first-order chi connectivity index (χ1) is 10.2. The average Bonchev–Trinajstić information content (AvgIpc) is 3.02. The van der Waals surface area contributed by atoms with Gasteiger partial charge in [0.05, 0.1) is 6.10 Å². The van der Waals surface area contributed by atoms with Crippen LogP contribution in [0.3, 0.4) is 0 Å². The maximum absolute atomic E-state index is 9.04. The predicted molar refractivity (Wildman–Crippen MR) is 86.9 cm³/mol. The SMILES string of the molecule is CC1(c2ccc(OC3CCCC3)cc2)CCB(C#N)CC1. The van der Waals surface area contributed by atoms with Gasteiger partial charge in [-0.1, -0.05) is 31.7 Å². The van der Waals surface area contributed by atoms with Crippen molar-refractivity contribution in [1.29, 1.82) is 5.26 Å². The number of rotatable bonds is 3. The van der Waals surface area contributed by atoms with Crippen molar-refractivity contribution in [2.75, 3.05) is 0 Å². The maximum Gasteiger partial charge on any atom is 0.267 e. The molecule has 0 radical (unpaired) electrons. The maximum atomic E-state index is 9.04. The molecule has 1 aromatic carbocycles. The molecule has 0 unspecified atom stereocenters. The van der Waals surface area contributed by atoms with Gasteiger partial charge in [0.15, 0.2) is 0 Å². The van der Waals surface area contributed by atoms with Crippen LogP contribution in [0.15, 0.2) is 24.3 Å². The summed E-state index contributed by atoms with van der Waals surface area (Å²) in [6.07, 6.45) is 9.76. The van der Waals surface area contributed by atoms with Crippen LogP contribution in [0.2, 0.25) is 12.6 Å². The molecule has 0 atom stereocenters. The van der Waals surface area contributed by atoms with Crippen LogP contribution in [0.5, 0.6) is 5.75 Å². The van der Waals surface area contributed by atoms with E-state index in [-0.39, 0.29) is 12.1 Å². The van der Waals surface area contributed by atoms with Gasteiger partial charge in [-0.15, -0.1) is 0 Å². The van der Waals surface area contributed by atoms with Crippen LogP contribution in [-0.2, 0) is 5.41 Å². The summed E-state index contributed by atoms with van der Waals surface area (Å²) in [6, 6.07) is 8.73. The second-order valence-electron chi connectivity index (χ2n) is 7.01. The molecule has 21 heavy (non-hydrogen) atoms. The number of nitrogens with zero attached hydrogens (tertiary/aromatic N) is 1. The Kier molecular flexibility index (Phi) is 4.24. The van der Waals surface area contributed by atoms with Crippen molar-refractivity contribution in [2.45, 2.75) is 69.6 Å². The van der Waals surface area contributed by atoms with E-state index in [4.69, 9.17) is 10.00 Å². The number of hydrogen-bond acceptors (Lipinski definition) is 2. The first kappa shape index (κ1) is 14.5. The molecule has 110 valence electrons. The fourth-order valence-corrected chi connectivity index (χ4v) is 3.81. The Bertz CT molecular complexity index is 505. The topological polar surface area (TPSA) is 33.0 Å². The molecule has 1 aliphatic carbocycles. The second kappa shape index (κ2) is 6.14. The van der Waals surface area contributed by atoms with E-state index in [2.05, 4.69) is 37.2 Å². The van der Waals surface area contributed by atoms with Gasteiger partial charge in [0.25, 0.3) is 6.71 Å². The standard InChI is InChI=1S/C18H24BNO/c1-18(10-12-19(14-20)13-11-18)15-6-8-17(9-7-15)21-16-4-2-3-5-16/h6-9,16H,2-5,10-13H2,1H3. The van der Waals surface area contributed by atoms with Crippen LogP contribution >= 0.6 is 0 Å². The lowest BCUT2D eigenvalue weighted by Crippen LogP contribution is -2.31. The first-order valence-corrected chi connectivity index (χ1v) is 8.36. The van der Waals surface area contributed by atoms with Crippen LogP contribution in [0, 0.1) is 11.2 Å². The molecule has 2 fully saturated rings. The van der Waals surface area contributed by atoms with E-state index in [0.717, 1.165) is 31.2 Å². The summed E-state index contributed by atoms with van der Waals surface area (Å²) < 4.78 is 6.04. The van der Waals surface area contributed by atoms with Crippen LogP contribution in [0.25, 0.3) is 0 Å². The van der Waals surface area contributed by atoms with Gasteiger partial charge < -0.3 is 4.74 Å². The van der Waals surface area contributed by atoms with Gasteiger partial charge in [-0.2, -0.15) is 0 Å². The summed E-state index contributed by atoms with van der Waals surface area (Å²) >= 11 is 0. The molecule has 0 bridgehead atoms. The summed E-state index contributed by atoms with van der Waals surface area (Å²) in [4.78, 5) is 0. The van der Waals surface area contributed by atoms with E-state index in [0.29, 0.717) is 6.10 Å². The zero-order chi connectivity index (χ0) is 14.7. The molecular weight excluding hydrogens is 257 g/mol. The first-order valence-electron chi connectivity index (χ1n) is 8.36. The minimum atomic E-state index is 0.235. The summed E-state index contributed by atoms with van der Waals surface area (Å²) in [5, 5.41) is 9.04. The highest BCUT2D eigenvalue weighted by molar-refractivity contribution is 6.67. The van der Waals surface area contributed by atoms with Crippen LogP contribution in [0.1, 0.15) is 51.0 Å². The smallest absolute Gasteiger partial charge is 0.267 e. The lowest BCUT2D eigenvalue weighted by Gasteiger charge is -2.35. The lowest BCUT2D eigenvalue weighted by molar-refractivity contribution is 0.210. The Morgan fingerprint density at radius 2 is 1.76 bits per heavy atom. The summed E-state index contributed by atoms with van der Waals surface area (Å²) in [5.74, 6) is 3.44. The third-order valence-corrected chi connectivity index (χ3v) is 5.43. The largest absolute Gasteiger partial charge is 0.490 e. The van der Waals surface area contributed by atoms with Crippen molar-refractivity contribution in [3.63, 3.8) is 0 Å². The molecule has 3 rings (SSSR count). The highest BCUT2D eigenvalue weighted by atomic mass is 16.5. The van der Waals surface area contributed by atoms with Gasteiger partial charge in [-0.3, -0.25) is 0 Å².